The van der Waals surface area contributed by atoms with Crippen LogP contribution in [-0.2, 0) is 4.74 Å². The maximum absolute atomic E-state index is 10.2. The Balaban J connectivity index is 1.42. The first-order chi connectivity index (χ1) is 13.1. The summed E-state index contributed by atoms with van der Waals surface area (Å²) in [6.45, 7) is 3.48. The van der Waals surface area contributed by atoms with Crippen molar-refractivity contribution in [3.63, 3.8) is 0 Å². The maximum atomic E-state index is 10.2. The van der Waals surface area contributed by atoms with Gasteiger partial charge in [-0.25, -0.2) is 0 Å². The molecule has 1 heterocycles. The molecule has 1 aliphatic heterocycles. The van der Waals surface area contributed by atoms with Crippen molar-refractivity contribution < 1.29 is 9.84 Å². The highest BCUT2D eigenvalue weighted by molar-refractivity contribution is 5.94. The Labute approximate surface area is 162 Å². The third-order valence-electron chi connectivity index (χ3n) is 9.88. The van der Waals surface area contributed by atoms with Crippen LogP contribution in [0, 0.1) is 52.2 Å². The van der Waals surface area contributed by atoms with Gasteiger partial charge in [-0.3, -0.25) is 0 Å². The minimum atomic E-state index is 0.0293. The Morgan fingerprint density at radius 3 is 2.85 bits per heavy atom. The van der Waals surface area contributed by atoms with Gasteiger partial charge in [0, 0.05) is 23.7 Å². The van der Waals surface area contributed by atoms with Crippen LogP contribution in [-0.4, -0.2) is 29.6 Å². The van der Waals surface area contributed by atoms with Gasteiger partial charge in [-0.05, 0) is 86.5 Å². The van der Waals surface area contributed by atoms with Crippen molar-refractivity contribution >= 4 is 5.71 Å². The molecule has 4 saturated carbocycles. The molecular formula is C24H33NO2. The summed E-state index contributed by atoms with van der Waals surface area (Å²) in [7, 11) is 0. The van der Waals surface area contributed by atoms with E-state index in [9.17, 15) is 5.11 Å². The largest absolute Gasteiger partial charge is 0.396 e. The molecule has 27 heavy (non-hydrogen) atoms. The lowest BCUT2D eigenvalue weighted by Crippen LogP contribution is -2.56. The Bertz CT molecular complexity index is 741. The van der Waals surface area contributed by atoms with Crippen LogP contribution >= 0.6 is 0 Å². The van der Waals surface area contributed by atoms with Crippen molar-refractivity contribution in [2.75, 3.05) is 13.2 Å². The molecule has 0 aromatic carbocycles. The van der Waals surface area contributed by atoms with Crippen LogP contribution in [0.15, 0.2) is 23.8 Å². The Morgan fingerprint density at radius 1 is 1.22 bits per heavy atom. The van der Waals surface area contributed by atoms with Crippen LogP contribution in [0.2, 0.25) is 0 Å². The van der Waals surface area contributed by atoms with E-state index in [-0.39, 0.29) is 12.2 Å². The van der Waals surface area contributed by atoms with Crippen molar-refractivity contribution in [1.82, 2.24) is 0 Å². The lowest BCUT2D eigenvalue weighted by Gasteiger charge is -2.59. The van der Waals surface area contributed by atoms with E-state index in [1.54, 1.807) is 0 Å². The van der Waals surface area contributed by atoms with E-state index in [1.165, 1.54) is 31.3 Å². The van der Waals surface area contributed by atoms with Crippen molar-refractivity contribution in [3.05, 3.63) is 23.8 Å². The second-order valence-electron chi connectivity index (χ2n) is 10.3. The highest BCUT2D eigenvalue weighted by atomic mass is 16.5. The molecule has 5 aliphatic carbocycles. The standard InChI is InChI=1S/C24H33NO2/c1-2-23-8-6-17-16-5-4-15(25)11-18(16)14(13-26)10-19(17)22(23)20-12-21(20)24(23)7-3-9-27-24/h3,7,11,14,16-17,19-22,25-26H,2,4-6,8-10,12-13H2,1H3/t14?,16-,17?,19?,20?,21?,22?,23+,24+/m1/s1. The molecule has 0 aromatic rings. The van der Waals surface area contributed by atoms with E-state index in [0.717, 1.165) is 61.2 Å². The molecule has 4 fully saturated rings. The van der Waals surface area contributed by atoms with Crippen LogP contribution in [0.4, 0.5) is 0 Å². The van der Waals surface area contributed by atoms with Crippen LogP contribution < -0.4 is 0 Å². The molecule has 2 N–H and O–H groups in total. The third-order valence-corrected chi connectivity index (χ3v) is 9.88. The van der Waals surface area contributed by atoms with Crippen molar-refractivity contribution in [2.24, 2.45) is 46.8 Å². The summed E-state index contributed by atoms with van der Waals surface area (Å²) in [4.78, 5) is 0. The van der Waals surface area contributed by atoms with E-state index in [2.05, 4.69) is 25.2 Å². The minimum absolute atomic E-state index is 0.0293. The number of fused-ring (bicyclic) bond motifs is 9. The minimum Gasteiger partial charge on any atom is -0.396 e. The molecule has 6 unspecified atom stereocenters. The van der Waals surface area contributed by atoms with Gasteiger partial charge in [-0.1, -0.05) is 24.6 Å². The third kappa shape index (κ3) is 1.93. The Morgan fingerprint density at radius 2 is 2.11 bits per heavy atom. The molecule has 146 valence electrons. The van der Waals surface area contributed by atoms with Gasteiger partial charge >= 0.3 is 0 Å². The highest BCUT2D eigenvalue weighted by Gasteiger charge is 2.77. The molecule has 0 aromatic heterocycles. The molecular weight excluding hydrogens is 334 g/mol. The van der Waals surface area contributed by atoms with Gasteiger partial charge in [-0.2, -0.15) is 0 Å². The van der Waals surface area contributed by atoms with Gasteiger partial charge in [0.2, 0.25) is 0 Å². The molecule has 3 nitrogen and oxygen atoms in total. The molecule has 0 radical (unpaired) electrons. The number of aliphatic hydroxyl groups is 1. The average molecular weight is 368 g/mol. The van der Waals surface area contributed by atoms with E-state index in [1.807, 2.05) is 0 Å². The second-order valence-corrected chi connectivity index (χ2v) is 10.3. The lowest BCUT2D eigenvalue weighted by atomic mass is 9.46. The van der Waals surface area contributed by atoms with Crippen molar-refractivity contribution in [3.8, 4) is 0 Å². The number of nitrogens with one attached hydrogen (secondary N) is 1. The molecule has 0 amide bonds. The monoisotopic (exact) mass is 367 g/mol. The molecule has 3 heteroatoms. The van der Waals surface area contributed by atoms with Crippen LogP contribution in [0.3, 0.4) is 0 Å². The van der Waals surface area contributed by atoms with Crippen LogP contribution in [0.5, 0.6) is 0 Å². The average Bonchev–Trinajstić information content (AvgIpc) is 3.25. The van der Waals surface area contributed by atoms with E-state index in [0.29, 0.717) is 17.3 Å². The number of aliphatic hydroxyl groups excluding tert-OH is 1. The summed E-state index contributed by atoms with van der Waals surface area (Å²) in [5, 5.41) is 18.4. The van der Waals surface area contributed by atoms with Crippen LogP contribution in [0.1, 0.15) is 51.9 Å². The van der Waals surface area contributed by atoms with Gasteiger partial charge in [0.25, 0.3) is 0 Å². The van der Waals surface area contributed by atoms with E-state index >= 15 is 0 Å². The fourth-order valence-electron chi connectivity index (χ4n) is 9.03. The van der Waals surface area contributed by atoms with Gasteiger partial charge in [0.05, 0.1) is 12.2 Å². The summed E-state index contributed by atoms with van der Waals surface area (Å²) >= 11 is 0. The summed E-state index contributed by atoms with van der Waals surface area (Å²) in [5.74, 6) is 4.83. The first-order valence-corrected chi connectivity index (χ1v) is 11.4. The molecule has 9 atom stereocenters. The second kappa shape index (κ2) is 5.57. The Hall–Kier alpha value is -0.930. The van der Waals surface area contributed by atoms with Gasteiger partial charge < -0.3 is 15.3 Å². The number of allylic oxidation sites excluding steroid dienone is 1. The zero-order chi connectivity index (χ0) is 18.4. The topological polar surface area (TPSA) is 53.3 Å². The van der Waals surface area contributed by atoms with Crippen molar-refractivity contribution in [1.29, 1.82) is 5.41 Å². The smallest absolute Gasteiger partial charge is 0.0957 e. The maximum Gasteiger partial charge on any atom is 0.0957 e. The van der Waals surface area contributed by atoms with Crippen LogP contribution in [0.25, 0.3) is 0 Å². The molecule has 6 rings (SSSR count). The first kappa shape index (κ1) is 17.0. The molecule has 0 saturated heterocycles. The highest BCUT2D eigenvalue weighted by Crippen LogP contribution is 2.78. The summed E-state index contributed by atoms with van der Waals surface area (Å²) < 4.78 is 6.57. The summed E-state index contributed by atoms with van der Waals surface area (Å²) in [5.41, 5.74) is 2.57. The lowest BCUT2D eigenvalue weighted by molar-refractivity contribution is -0.145. The molecule has 6 aliphatic rings. The summed E-state index contributed by atoms with van der Waals surface area (Å²) in [6.07, 6.45) is 15.4. The number of hydrogen-bond acceptors (Lipinski definition) is 3. The normalized spacial score (nSPS) is 55.0. The predicted molar refractivity (Wildman–Crippen MR) is 106 cm³/mol. The first-order valence-electron chi connectivity index (χ1n) is 11.4. The molecule has 0 bridgehead atoms. The van der Waals surface area contributed by atoms with E-state index in [4.69, 9.17) is 10.1 Å². The van der Waals surface area contributed by atoms with Gasteiger partial charge in [0.15, 0.2) is 0 Å². The zero-order valence-electron chi connectivity index (χ0n) is 16.5. The fourth-order valence-corrected chi connectivity index (χ4v) is 9.03. The number of hydrogen-bond donors (Lipinski definition) is 2. The summed E-state index contributed by atoms with van der Waals surface area (Å²) in [6, 6.07) is 0. The number of ether oxygens (including phenoxy) is 1. The van der Waals surface area contributed by atoms with Crippen molar-refractivity contribution in [2.45, 2.75) is 57.5 Å². The molecule has 1 spiro atoms. The Kier molecular flexibility index (Phi) is 3.50. The number of rotatable bonds is 2. The fraction of sp³-hybridized carbons (Fsp3) is 0.792. The van der Waals surface area contributed by atoms with Gasteiger partial charge in [-0.15, -0.1) is 0 Å². The predicted octanol–water partition coefficient (Wildman–Crippen LogP) is 4.37. The van der Waals surface area contributed by atoms with E-state index < -0.39 is 0 Å². The SMILES string of the molecule is CC[C@]12CCC3C(CC(CO)C4=CC(=N)CC[C@@H]43)C1C1CC1[C@@]21C=CCO1. The van der Waals surface area contributed by atoms with Gasteiger partial charge in [0.1, 0.15) is 0 Å². The zero-order valence-corrected chi connectivity index (χ0v) is 16.5. The quantitative estimate of drug-likeness (QED) is 0.712.